The number of hydrogen-bond acceptors (Lipinski definition) is 6. The van der Waals surface area contributed by atoms with Crippen LogP contribution in [0.15, 0.2) is 24.3 Å². The van der Waals surface area contributed by atoms with Gasteiger partial charge in [0.1, 0.15) is 6.10 Å². The van der Waals surface area contributed by atoms with Crippen LogP contribution in [-0.2, 0) is 4.74 Å². The van der Waals surface area contributed by atoms with Gasteiger partial charge in [-0.1, -0.05) is 12.8 Å². The monoisotopic (exact) mass is 398 g/mol. The molecule has 0 unspecified atom stereocenters. The molecule has 6 heteroatoms. The summed E-state index contributed by atoms with van der Waals surface area (Å²) in [6.45, 7) is 0.266. The zero-order valence-electron chi connectivity index (χ0n) is 17.0. The Bertz CT molecular complexity index is 899. The number of benzene rings is 2. The molecule has 0 N–H and O–H groups in total. The van der Waals surface area contributed by atoms with Gasteiger partial charge in [-0.2, -0.15) is 0 Å². The number of methoxy groups -OCH3 is 3. The molecule has 3 aliphatic rings. The minimum Gasteiger partial charge on any atom is -0.493 e. The van der Waals surface area contributed by atoms with Gasteiger partial charge in [-0.05, 0) is 53.8 Å². The maximum absolute atomic E-state index is 6.69. The van der Waals surface area contributed by atoms with Crippen LogP contribution in [-0.4, -0.2) is 34.2 Å². The molecule has 1 aliphatic carbocycles. The van der Waals surface area contributed by atoms with Crippen LogP contribution >= 0.6 is 0 Å². The summed E-state index contributed by atoms with van der Waals surface area (Å²) in [5.74, 6) is 3.83. The summed E-state index contributed by atoms with van der Waals surface area (Å²) in [6, 6.07) is 8.19. The van der Waals surface area contributed by atoms with E-state index >= 15 is 0 Å². The van der Waals surface area contributed by atoms with E-state index in [1.54, 1.807) is 21.3 Å². The van der Waals surface area contributed by atoms with Crippen LogP contribution in [0, 0.1) is 0 Å². The number of fused-ring (bicyclic) bond motifs is 4. The second-order valence-corrected chi connectivity index (χ2v) is 7.74. The maximum Gasteiger partial charge on any atom is 0.231 e. The highest BCUT2D eigenvalue weighted by Gasteiger charge is 2.39. The summed E-state index contributed by atoms with van der Waals surface area (Å²) >= 11 is 0. The molecule has 3 atom stereocenters. The highest BCUT2D eigenvalue weighted by atomic mass is 16.7. The molecule has 2 heterocycles. The van der Waals surface area contributed by atoms with Crippen LogP contribution in [0.4, 0.5) is 0 Å². The van der Waals surface area contributed by atoms with E-state index in [9.17, 15) is 0 Å². The van der Waals surface area contributed by atoms with E-state index in [1.165, 1.54) is 18.4 Å². The molecule has 0 spiro atoms. The van der Waals surface area contributed by atoms with Gasteiger partial charge in [-0.25, -0.2) is 0 Å². The van der Waals surface area contributed by atoms with Gasteiger partial charge in [0.15, 0.2) is 23.0 Å². The highest BCUT2D eigenvalue weighted by Crippen LogP contribution is 2.52. The third-order valence-corrected chi connectivity index (χ3v) is 6.26. The van der Waals surface area contributed by atoms with Crippen molar-refractivity contribution >= 4 is 0 Å². The normalized spacial score (nSPS) is 24.4. The van der Waals surface area contributed by atoms with Gasteiger partial charge >= 0.3 is 0 Å². The van der Waals surface area contributed by atoms with Crippen molar-refractivity contribution in [1.29, 1.82) is 0 Å². The van der Waals surface area contributed by atoms with E-state index in [4.69, 9.17) is 28.4 Å². The van der Waals surface area contributed by atoms with E-state index < -0.39 is 0 Å². The summed E-state index contributed by atoms with van der Waals surface area (Å²) in [4.78, 5) is 0. The van der Waals surface area contributed by atoms with Crippen LogP contribution < -0.4 is 23.7 Å². The van der Waals surface area contributed by atoms with E-state index in [-0.39, 0.29) is 19.0 Å². The van der Waals surface area contributed by atoms with Crippen molar-refractivity contribution in [2.24, 2.45) is 0 Å². The van der Waals surface area contributed by atoms with Gasteiger partial charge in [0.25, 0.3) is 0 Å². The molecule has 0 radical (unpaired) electrons. The molecule has 0 amide bonds. The van der Waals surface area contributed by atoms with Crippen molar-refractivity contribution in [3.63, 3.8) is 0 Å². The second-order valence-electron chi connectivity index (χ2n) is 7.74. The lowest BCUT2D eigenvalue weighted by Crippen LogP contribution is -2.33. The van der Waals surface area contributed by atoms with Crippen molar-refractivity contribution in [2.45, 2.75) is 43.8 Å². The van der Waals surface area contributed by atoms with Gasteiger partial charge in [0.2, 0.25) is 12.5 Å². The molecule has 0 saturated heterocycles. The van der Waals surface area contributed by atoms with Crippen LogP contribution in [0.3, 0.4) is 0 Å². The molecule has 1 saturated carbocycles. The molecule has 2 aromatic rings. The Morgan fingerprint density at radius 1 is 0.793 bits per heavy atom. The number of rotatable bonds is 4. The first-order valence-corrected chi connectivity index (χ1v) is 10.1. The van der Waals surface area contributed by atoms with Gasteiger partial charge < -0.3 is 28.4 Å². The fourth-order valence-corrected chi connectivity index (χ4v) is 4.90. The summed E-state index contributed by atoms with van der Waals surface area (Å²) in [6.07, 6.45) is 4.60. The average molecular weight is 398 g/mol. The topological polar surface area (TPSA) is 55.4 Å². The molecule has 5 rings (SSSR count). The fraction of sp³-hybridized carbons (Fsp3) is 0.478. The van der Waals surface area contributed by atoms with E-state index in [2.05, 4.69) is 12.1 Å². The largest absolute Gasteiger partial charge is 0.493 e. The zero-order chi connectivity index (χ0) is 20.0. The summed E-state index contributed by atoms with van der Waals surface area (Å²) in [5, 5.41) is 0. The Morgan fingerprint density at radius 2 is 1.45 bits per heavy atom. The third-order valence-electron chi connectivity index (χ3n) is 6.26. The lowest BCUT2D eigenvalue weighted by Gasteiger charge is -2.41. The molecule has 2 aliphatic heterocycles. The van der Waals surface area contributed by atoms with Crippen molar-refractivity contribution in [1.82, 2.24) is 0 Å². The minimum atomic E-state index is -0.229. The zero-order valence-corrected chi connectivity index (χ0v) is 17.0. The SMILES string of the molecule is COc1cc([C@@H]2O[C@H]3CCCC[C@@H]3c3cc4c(cc32)OCO4)cc(OC)c1OC. The predicted molar refractivity (Wildman–Crippen MR) is 107 cm³/mol. The van der Waals surface area contributed by atoms with Crippen molar-refractivity contribution < 1.29 is 28.4 Å². The van der Waals surface area contributed by atoms with E-state index in [0.29, 0.717) is 23.2 Å². The van der Waals surface area contributed by atoms with E-state index in [0.717, 1.165) is 35.5 Å². The van der Waals surface area contributed by atoms with Crippen molar-refractivity contribution in [3.8, 4) is 28.7 Å². The molecule has 154 valence electrons. The van der Waals surface area contributed by atoms with E-state index in [1.807, 2.05) is 12.1 Å². The van der Waals surface area contributed by atoms with Gasteiger partial charge in [0, 0.05) is 5.92 Å². The first-order chi connectivity index (χ1) is 14.2. The van der Waals surface area contributed by atoms with Crippen molar-refractivity contribution in [2.75, 3.05) is 28.1 Å². The predicted octanol–water partition coefficient (Wildman–Crippen LogP) is 4.59. The lowest BCUT2D eigenvalue weighted by atomic mass is 9.76. The quantitative estimate of drug-likeness (QED) is 0.751. The smallest absolute Gasteiger partial charge is 0.231 e. The molecule has 6 nitrogen and oxygen atoms in total. The molecular formula is C23H26O6. The number of hydrogen-bond donors (Lipinski definition) is 0. The van der Waals surface area contributed by atoms with Crippen LogP contribution in [0.2, 0.25) is 0 Å². The standard InChI is InChI=1S/C23H26O6/c1-24-20-8-13(9-21(25-2)23(20)26-3)22-16-11-19-18(27-12-28-19)10-15(16)14-6-4-5-7-17(14)29-22/h8-11,14,17,22H,4-7,12H2,1-3H3/t14-,17+,22+/m1/s1. The van der Waals surface area contributed by atoms with Crippen LogP contribution in [0.25, 0.3) is 0 Å². The Morgan fingerprint density at radius 3 is 2.10 bits per heavy atom. The maximum atomic E-state index is 6.69. The summed E-state index contributed by atoms with van der Waals surface area (Å²) < 4.78 is 34.7. The lowest BCUT2D eigenvalue weighted by molar-refractivity contribution is -0.0391. The first-order valence-electron chi connectivity index (χ1n) is 10.1. The first kappa shape index (κ1) is 18.4. The number of ether oxygens (including phenoxy) is 6. The van der Waals surface area contributed by atoms with Gasteiger partial charge in [-0.15, -0.1) is 0 Å². The second kappa shape index (κ2) is 7.34. The molecule has 1 fully saturated rings. The van der Waals surface area contributed by atoms with Crippen LogP contribution in [0.5, 0.6) is 28.7 Å². The van der Waals surface area contributed by atoms with Gasteiger partial charge in [-0.3, -0.25) is 0 Å². The molecule has 0 bridgehead atoms. The van der Waals surface area contributed by atoms with Gasteiger partial charge in [0.05, 0.1) is 27.4 Å². The highest BCUT2D eigenvalue weighted by molar-refractivity contribution is 5.58. The third kappa shape index (κ3) is 2.97. The molecular weight excluding hydrogens is 372 g/mol. The summed E-state index contributed by atoms with van der Waals surface area (Å²) in [5.41, 5.74) is 3.42. The summed E-state index contributed by atoms with van der Waals surface area (Å²) in [7, 11) is 4.87. The average Bonchev–Trinajstić information content (AvgIpc) is 3.23. The Balaban J connectivity index is 1.66. The Labute approximate surface area is 170 Å². The van der Waals surface area contributed by atoms with Crippen LogP contribution in [0.1, 0.15) is 54.4 Å². The molecule has 2 aromatic carbocycles. The minimum absolute atomic E-state index is 0.195. The Hall–Kier alpha value is -2.60. The fourth-order valence-electron chi connectivity index (χ4n) is 4.90. The molecule has 29 heavy (non-hydrogen) atoms. The van der Waals surface area contributed by atoms with Crippen molar-refractivity contribution in [3.05, 3.63) is 41.0 Å². The Kier molecular flexibility index (Phi) is 4.66. The molecule has 0 aromatic heterocycles.